The van der Waals surface area contributed by atoms with E-state index in [1.165, 1.54) is 24.3 Å². The van der Waals surface area contributed by atoms with Gasteiger partial charge >= 0.3 is 10.4 Å². The van der Waals surface area contributed by atoms with Crippen LogP contribution in [0.2, 0.25) is 0 Å². The minimum Gasteiger partial charge on any atom is -0.395 e. The lowest BCUT2D eigenvalue weighted by Crippen LogP contribution is -2.29. The monoisotopic (exact) mass is 496 g/mol. The molecule has 178 valence electrons. The van der Waals surface area contributed by atoms with E-state index in [1.54, 1.807) is 6.07 Å². The second-order valence-electron chi connectivity index (χ2n) is 6.83. The maximum Gasteiger partial charge on any atom is 0.397 e. The SMILES string of the molecule is [C-]#[N+]CCN(CCO)c1ccc(N=Nc2ccc(S(=O)(=O)CCOS(=O)(=O)O)cc2)c(C)c1. The molecule has 0 bridgehead atoms. The number of sulfone groups is 1. The molecule has 0 saturated heterocycles. The minimum atomic E-state index is -4.71. The topological polar surface area (TPSA) is 150 Å². The molecule has 11 nitrogen and oxygen atoms in total. The molecule has 0 aliphatic rings. The Labute approximate surface area is 193 Å². The molecule has 2 aromatic rings. The summed E-state index contributed by atoms with van der Waals surface area (Å²) in [7, 11) is -8.52. The fourth-order valence-electron chi connectivity index (χ4n) is 2.81. The molecule has 0 heterocycles. The number of hydrogen-bond acceptors (Lipinski definition) is 9. The van der Waals surface area contributed by atoms with E-state index in [2.05, 4.69) is 19.3 Å². The van der Waals surface area contributed by atoms with Crippen molar-refractivity contribution in [2.75, 3.05) is 43.5 Å². The first kappa shape index (κ1) is 26.4. The highest BCUT2D eigenvalue weighted by atomic mass is 32.3. The van der Waals surface area contributed by atoms with Gasteiger partial charge in [-0.05, 0) is 55.0 Å². The summed E-state index contributed by atoms with van der Waals surface area (Å²) in [4.78, 5) is 5.20. The Morgan fingerprint density at radius 2 is 1.76 bits per heavy atom. The zero-order valence-electron chi connectivity index (χ0n) is 17.8. The molecule has 13 heteroatoms. The molecule has 0 aliphatic heterocycles. The van der Waals surface area contributed by atoms with Gasteiger partial charge < -0.3 is 14.9 Å². The molecule has 0 unspecified atom stereocenters. The molecule has 33 heavy (non-hydrogen) atoms. The minimum absolute atomic E-state index is 0.0300. The van der Waals surface area contributed by atoms with Crippen LogP contribution in [0.3, 0.4) is 0 Å². The molecule has 2 aromatic carbocycles. The van der Waals surface area contributed by atoms with Gasteiger partial charge in [0.2, 0.25) is 6.54 Å². The molecule has 2 N–H and O–H groups in total. The number of anilines is 1. The molecule has 0 fully saturated rings. The number of nitrogens with zero attached hydrogens (tertiary/aromatic N) is 4. The lowest BCUT2D eigenvalue weighted by atomic mass is 10.1. The van der Waals surface area contributed by atoms with Crippen molar-refractivity contribution in [3.8, 4) is 0 Å². The van der Waals surface area contributed by atoms with Gasteiger partial charge in [-0.2, -0.15) is 18.6 Å². The van der Waals surface area contributed by atoms with Crippen molar-refractivity contribution in [2.45, 2.75) is 11.8 Å². The summed E-state index contributed by atoms with van der Waals surface area (Å²) in [6.07, 6.45) is 0. The molecule has 0 amide bonds. The van der Waals surface area contributed by atoms with E-state index in [0.717, 1.165) is 11.3 Å². The van der Waals surface area contributed by atoms with Gasteiger partial charge in [0.05, 0.1) is 41.8 Å². The first-order valence-electron chi connectivity index (χ1n) is 9.72. The first-order valence-corrected chi connectivity index (χ1v) is 12.7. The Bertz CT molecular complexity index is 1220. The van der Waals surface area contributed by atoms with Crippen LogP contribution in [-0.4, -0.2) is 65.1 Å². The Morgan fingerprint density at radius 3 is 2.33 bits per heavy atom. The Hall–Kier alpha value is -2.89. The second-order valence-corrected chi connectivity index (χ2v) is 10.0. The van der Waals surface area contributed by atoms with Crippen LogP contribution in [0.25, 0.3) is 4.85 Å². The summed E-state index contributed by atoms with van der Waals surface area (Å²) >= 11 is 0. The van der Waals surface area contributed by atoms with Crippen molar-refractivity contribution < 1.29 is 30.7 Å². The molecule has 0 spiro atoms. The largest absolute Gasteiger partial charge is 0.397 e. The lowest BCUT2D eigenvalue weighted by molar-refractivity contribution is 0.284. The van der Waals surface area contributed by atoms with Crippen LogP contribution in [0.1, 0.15) is 5.56 Å². The van der Waals surface area contributed by atoms with Crippen molar-refractivity contribution >= 4 is 37.3 Å². The summed E-state index contributed by atoms with van der Waals surface area (Å²) < 4.78 is 58.0. The molecule has 0 saturated carbocycles. The summed E-state index contributed by atoms with van der Waals surface area (Å²) in [6.45, 7) is 9.29. The van der Waals surface area contributed by atoms with Gasteiger partial charge in [-0.3, -0.25) is 4.55 Å². The quantitative estimate of drug-likeness (QED) is 0.259. The van der Waals surface area contributed by atoms with Crippen LogP contribution < -0.4 is 4.90 Å². The molecule has 0 atom stereocenters. The van der Waals surface area contributed by atoms with Gasteiger partial charge in [0, 0.05) is 12.2 Å². The van der Waals surface area contributed by atoms with Gasteiger partial charge in [-0.1, -0.05) is 0 Å². The zero-order chi connectivity index (χ0) is 24.5. The van der Waals surface area contributed by atoms with Crippen molar-refractivity contribution in [2.24, 2.45) is 10.2 Å². The number of aliphatic hydroxyl groups excluding tert-OH is 1. The maximum absolute atomic E-state index is 12.2. The molecule has 0 aromatic heterocycles. The molecule has 0 aliphatic carbocycles. The van der Waals surface area contributed by atoms with E-state index in [4.69, 9.17) is 11.1 Å². The summed E-state index contributed by atoms with van der Waals surface area (Å²) in [5.74, 6) is -0.623. The number of hydrogen-bond donors (Lipinski definition) is 2. The average molecular weight is 497 g/mol. The fraction of sp³-hybridized carbons (Fsp3) is 0.350. The highest BCUT2D eigenvalue weighted by Gasteiger charge is 2.16. The van der Waals surface area contributed by atoms with Crippen molar-refractivity contribution in [3.63, 3.8) is 0 Å². The predicted octanol–water partition coefficient (Wildman–Crippen LogP) is 2.72. The molecular formula is C20H24N4O7S2. The van der Waals surface area contributed by atoms with Crippen LogP contribution in [0.5, 0.6) is 0 Å². The van der Waals surface area contributed by atoms with Crippen LogP contribution in [0.4, 0.5) is 17.1 Å². The number of aryl methyl sites for hydroxylation is 1. The second kappa shape index (κ2) is 11.8. The van der Waals surface area contributed by atoms with Gasteiger partial charge in [-0.25, -0.2) is 19.2 Å². The summed E-state index contributed by atoms with van der Waals surface area (Å²) in [5.41, 5.74) is 2.70. The van der Waals surface area contributed by atoms with E-state index < -0.39 is 32.6 Å². The molecule has 0 radical (unpaired) electrons. The smallest absolute Gasteiger partial charge is 0.395 e. The first-order chi connectivity index (χ1) is 15.6. The number of azo groups is 1. The Morgan fingerprint density at radius 1 is 1.06 bits per heavy atom. The maximum atomic E-state index is 12.2. The predicted molar refractivity (Wildman–Crippen MR) is 122 cm³/mol. The highest BCUT2D eigenvalue weighted by molar-refractivity contribution is 7.91. The van der Waals surface area contributed by atoms with Crippen LogP contribution in [-0.2, 0) is 24.4 Å². The number of rotatable bonds is 12. The number of aliphatic hydroxyl groups is 1. The number of benzene rings is 2. The van der Waals surface area contributed by atoms with Gasteiger partial charge in [-0.15, -0.1) is 0 Å². The third-order valence-electron chi connectivity index (χ3n) is 4.45. The van der Waals surface area contributed by atoms with Crippen LogP contribution in [0, 0.1) is 13.5 Å². The lowest BCUT2D eigenvalue weighted by Gasteiger charge is -2.22. The Kier molecular flexibility index (Phi) is 9.44. The van der Waals surface area contributed by atoms with E-state index in [-0.39, 0.29) is 11.5 Å². The average Bonchev–Trinajstić information content (AvgIpc) is 2.75. The van der Waals surface area contributed by atoms with E-state index in [0.29, 0.717) is 31.0 Å². The van der Waals surface area contributed by atoms with Crippen molar-refractivity contribution in [3.05, 3.63) is 59.4 Å². The highest BCUT2D eigenvalue weighted by Crippen LogP contribution is 2.27. The molecule has 2 rings (SSSR count). The fourth-order valence-corrected chi connectivity index (χ4v) is 4.30. The van der Waals surface area contributed by atoms with Gasteiger partial charge in [0.1, 0.15) is 0 Å². The zero-order valence-corrected chi connectivity index (χ0v) is 19.5. The van der Waals surface area contributed by atoms with Crippen LogP contribution in [0.15, 0.2) is 57.6 Å². The third-order valence-corrected chi connectivity index (χ3v) is 6.61. The van der Waals surface area contributed by atoms with Gasteiger partial charge in [0.25, 0.3) is 0 Å². The van der Waals surface area contributed by atoms with Gasteiger partial charge in [0.15, 0.2) is 9.84 Å². The molecular weight excluding hydrogens is 472 g/mol. The normalized spacial score (nSPS) is 12.1. The van der Waals surface area contributed by atoms with Crippen LogP contribution >= 0.6 is 0 Å². The van der Waals surface area contributed by atoms with E-state index in [9.17, 15) is 21.9 Å². The summed E-state index contributed by atoms with van der Waals surface area (Å²) in [6, 6.07) is 11.0. The van der Waals surface area contributed by atoms with Crippen molar-refractivity contribution in [1.82, 2.24) is 0 Å². The van der Waals surface area contributed by atoms with Crippen molar-refractivity contribution in [1.29, 1.82) is 0 Å². The third kappa shape index (κ3) is 8.52. The Balaban J connectivity index is 2.09. The van der Waals surface area contributed by atoms with E-state index in [1.807, 2.05) is 24.0 Å². The summed E-state index contributed by atoms with van der Waals surface area (Å²) in [5, 5.41) is 17.6. The van der Waals surface area contributed by atoms with E-state index >= 15 is 0 Å². The standard InChI is InChI=1S/C20H24N4O7S2/c1-16-15-18(24(11-12-25)10-9-21-2)5-8-20(16)23-22-17-3-6-19(7-4-17)32(26,27)14-13-31-33(28,29)30/h3-8,15,25H,9-14H2,1H3,(H,28,29,30).